The minimum Gasteiger partial charge on any atom is -0.346 e. The Morgan fingerprint density at radius 3 is 2.22 bits per heavy atom. The lowest BCUT2D eigenvalue weighted by molar-refractivity contribution is -0.139. The Bertz CT molecular complexity index is 728. The van der Waals surface area contributed by atoms with Gasteiger partial charge in [-0.3, -0.25) is 9.69 Å². The Hall–Kier alpha value is -1.65. The summed E-state index contributed by atoms with van der Waals surface area (Å²) in [5.41, 5.74) is 1.08. The van der Waals surface area contributed by atoms with Crippen LogP contribution in [0.1, 0.15) is 18.9 Å². The van der Waals surface area contributed by atoms with E-state index in [-0.39, 0.29) is 37.6 Å². The zero-order chi connectivity index (χ0) is 20.1. The highest BCUT2D eigenvalue weighted by Gasteiger charge is 2.30. The molecule has 27 heavy (non-hydrogen) atoms. The summed E-state index contributed by atoms with van der Waals surface area (Å²) in [5.74, 6) is -0.727. The second-order valence-corrected chi connectivity index (χ2v) is 8.40. The number of hydrogen-bond acceptors (Lipinski definition) is 4. The molecule has 1 aromatic carbocycles. The van der Waals surface area contributed by atoms with Crippen LogP contribution in [-0.4, -0.2) is 69.0 Å². The van der Waals surface area contributed by atoms with Crippen LogP contribution in [-0.2, 0) is 21.2 Å². The van der Waals surface area contributed by atoms with E-state index in [9.17, 15) is 26.4 Å². The number of amides is 1. The number of piperazine rings is 1. The molecule has 1 N–H and O–H groups in total. The van der Waals surface area contributed by atoms with Crippen molar-refractivity contribution in [2.24, 2.45) is 0 Å². The molecule has 0 bridgehead atoms. The number of benzene rings is 1. The van der Waals surface area contributed by atoms with Gasteiger partial charge in [-0.25, -0.2) is 8.42 Å². The second-order valence-electron chi connectivity index (χ2n) is 6.47. The quantitative estimate of drug-likeness (QED) is 0.746. The maximum atomic E-state index is 12.7. The van der Waals surface area contributed by atoms with E-state index in [1.54, 1.807) is 29.2 Å². The number of alkyl halides is 3. The molecule has 1 aliphatic rings. The van der Waals surface area contributed by atoms with Crippen molar-refractivity contribution in [2.75, 3.05) is 39.3 Å². The fourth-order valence-electron chi connectivity index (χ4n) is 2.85. The van der Waals surface area contributed by atoms with Gasteiger partial charge < -0.3 is 5.32 Å². The lowest BCUT2D eigenvalue weighted by Crippen LogP contribution is -2.51. The van der Waals surface area contributed by atoms with Crippen molar-refractivity contribution in [1.29, 1.82) is 0 Å². The summed E-state index contributed by atoms with van der Waals surface area (Å²) in [6, 6.07) is 6.80. The fraction of sp³-hybridized carbons (Fsp3) is 0.588. The first-order valence-electron chi connectivity index (χ1n) is 8.76. The molecule has 1 fully saturated rings. The molecule has 1 aromatic rings. The van der Waals surface area contributed by atoms with Gasteiger partial charge >= 0.3 is 6.18 Å². The fourth-order valence-corrected chi connectivity index (χ4v) is 4.27. The van der Waals surface area contributed by atoms with E-state index in [2.05, 4.69) is 0 Å². The second kappa shape index (κ2) is 9.03. The van der Waals surface area contributed by atoms with E-state index in [4.69, 9.17) is 0 Å². The normalized spacial score (nSPS) is 17.0. The Kier molecular flexibility index (Phi) is 7.24. The van der Waals surface area contributed by atoms with E-state index >= 15 is 0 Å². The Labute approximate surface area is 157 Å². The number of carbonyl (C=O) groups excluding carboxylic acids is 1. The van der Waals surface area contributed by atoms with Crippen LogP contribution < -0.4 is 5.32 Å². The van der Waals surface area contributed by atoms with Crippen LogP contribution in [0.2, 0.25) is 0 Å². The minimum atomic E-state index is -4.45. The van der Waals surface area contributed by atoms with Gasteiger partial charge in [0.15, 0.2) is 0 Å². The van der Waals surface area contributed by atoms with E-state index in [1.807, 2.05) is 12.2 Å². The molecular weight excluding hydrogens is 383 g/mol. The zero-order valence-corrected chi connectivity index (χ0v) is 15.9. The summed E-state index contributed by atoms with van der Waals surface area (Å²) in [6.45, 7) is 1.44. The molecule has 0 spiro atoms. The number of nitrogens with zero attached hydrogens (tertiary/aromatic N) is 2. The van der Waals surface area contributed by atoms with Crippen molar-refractivity contribution < 1.29 is 26.4 Å². The van der Waals surface area contributed by atoms with Gasteiger partial charge in [0.2, 0.25) is 15.9 Å². The molecule has 0 radical (unpaired) electrons. The van der Waals surface area contributed by atoms with Crippen molar-refractivity contribution in [2.45, 2.75) is 30.8 Å². The summed E-state index contributed by atoms with van der Waals surface area (Å²) >= 11 is 0. The average Bonchev–Trinajstić information content (AvgIpc) is 2.61. The number of halogens is 3. The molecule has 152 valence electrons. The van der Waals surface area contributed by atoms with Crippen LogP contribution in [0.5, 0.6) is 0 Å². The van der Waals surface area contributed by atoms with Crippen LogP contribution in [0, 0.1) is 0 Å². The van der Waals surface area contributed by atoms with Crippen LogP contribution in [0.4, 0.5) is 13.2 Å². The third-order valence-electron chi connectivity index (χ3n) is 4.28. The SMILES string of the molecule is CCCc1ccc(S(=O)(=O)N2CCN(CC(=O)NCC(F)(F)F)CC2)cc1. The largest absolute Gasteiger partial charge is 0.405 e. The highest BCUT2D eigenvalue weighted by Crippen LogP contribution is 2.19. The predicted molar refractivity (Wildman–Crippen MR) is 94.7 cm³/mol. The van der Waals surface area contributed by atoms with Crippen molar-refractivity contribution in [3.05, 3.63) is 29.8 Å². The minimum absolute atomic E-state index is 0.185. The highest BCUT2D eigenvalue weighted by molar-refractivity contribution is 7.89. The molecule has 6 nitrogen and oxygen atoms in total. The number of sulfonamides is 1. The van der Waals surface area contributed by atoms with Gasteiger partial charge in [0.1, 0.15) is 6.54 Å². The highest BCUT2D eigenvalue weighted by atomic mass is 32.2. The first-order chi connectivity index (χ1) is 12.6. The van der Waals surface area contributed by atoms with Gasteiger partial charge in [-0.2, -0.15) is 17.5 Å². The summed E-state index contributed by atoms with van der Waals surface area (Å²) < 4.78 is 63.1. The van der Waals surface area contributed by atoms with Crippen LogP contribution in [0.3, 0.4) is 0 Å². The summed E-state index contributed by atoms with van der Waals surface area (Å²) in [6.07, 6.45) is -2.59. The van der Waals surface area contributed by atoms with E-state index < -0.39 is 28.7 Å². The molecule has 1 saturated heterocycles. The number of aryl methyl sites for hydroxylation is 1. The van der Waals surface area contributed by atoms with E-state index in [0.717, 1.165) is 18.4 Å². The van der Waals surface area contributed by atoms with Crippen LogP contribution in [0.25, 0.3) is 0 Å². The Morgan fingerprint density at radius 2 is 1.70 bits per heavy atom. The summed E-state index contributed by atoms with van der Waals surface area (Å²) in [5, 5.41) is 1.82. The topological polar surface area (TPSA) is 69.7 Å². The van der Waals surface area contributed by atoms with Gasteiger partial charge in [-0.05, 0) is 24.1 Å². The molecule has 1 heterocycles. The van der Waals surface area contributed by atoms with E-state index in [1.165, 1.54) is 4.31 Å². The van der Waals surface area contributed by atoms with Gasteiger partial charge in [0.05, 0.1) is 11.4 Å². The van der Waals surface area contributed by atoms with Crippen LogP contribution >= 0.6 is 0 Å². The van der Waals surface area contributed by atoms with Gasteiger partial charge in [0, 0.05) is 26.2 Å². The average molecular weight is 407 g/mol. The lowest BCUT2D eigenvalue weighted by atomic mass is 10.1. The van der Waals surface area contributed by atoms with Crippen molar-refractivity contribution in [3.8, 4) is 0 Å². The smallest absolute Gasteiger partial charge is 0.346 e. The van der Waals surface area contributed by atoms with E-state index in [0.29, 0.717) is 0 Å². The molecule has 1 amide bonds. The summed E-state index contributed by atoms with van der Waals surface area (Å²) in [7, 11) is -3.62. The zero-order valence-electron chi connectivity index (χ0n) is 15.1. The van der Waals surface area contributed by atoms with Gasteiger partial charge in [-0.15, -0.1) is 0 Å². The maximum absolute atomic E-state index is 12.7. The number of rotatable bonds is 7. The molecule has 1 aliphatic heterocycles. The first-order valence-corrected chi connectivity index (χ1v) is 10.2. The third-order valence-corrected chi connectivity index (χ3v) is 6.20. The predicted octanol–water partition coefficient (Wildman–Crippen LogP) is 1.62. The number of nitrogens with one attached hydrogen (secondary N) is 1. The Morgan fingerprint density at radius 1 is 1.11 bits per heavy atom. The molecule has 0 unspecified atom stereocenters. The van der Waals surface area contributed by atoms with Gasteiger partial charge in [0.25, 0.3) is 0 Å². The number of hydrogen-bond donors (Lipinski definition) is 1. The molecule has 0 aromatic heterocycles. The van der Waals surface area contributed by atoms with Crippen molar-refractivity contribution in [1.82, 2.24) is 14.5 Å². The molecule has 2 rings (SSSR count). The molecule has 10 heteroatoms. The molecule has 0 saturated carbocycles. The molecule has 0 atom stereocenters. The first kappa shape index (κ1) is 21.6. The third kappa shape index (κ3) is 6.47. The maximum Gasteiger partial charge on any atom is 0.405 e. The lowest BCUT2D eigenvalue weighted by Gasteiger charge is -2.33. The van der Waals surface area contributed by atoms with Crippen molar-refractivity contribution >= 4 is 15.9 Å². The van der Waals surface area contributed by atoms with Crippen LogP contribution in [0.15, 0.2) is 29.2 Å². The van der Waals surface area contributed by atoms with Crippen molar-refractivity contribution in [3.63, 3.8) is 0 Å². The number of carbonyl (C=O) groups is 1. The summed E-state index contributed by atoms with van der Waals surface area (Å²) in [4.78, 5) is 13.4. The molecule has 0 aliphatic carbocycles. The standard InChI is InChI=1S/C17H24F3N3O3S/c1-2-3-14-4-6-15(7-5-14)27(25,26)23-10-8-22(9-11-23)12-16(24)21-13-17(18,19)20/h4-7H,2-3,8-13H2,1H3,(H,21,24). The Balaban J connectivity index is 1.87. The monoisotopic (exact) mass is 407 g/mol. The molecular formula is C17H24F3N3O3S. The van der Waals surface area contributed by atoms with Gasteiger partial charge in [-0.1, -0.05) is 25.5 Å².